The van der Waals surface area contributed by atoms with E-state index in [1.807, 2.05) is 66.7 Å². The van der Waals surface area contributed by atoms with E-state index in [1.54, 1.807) is 30.6 Å². The van der Waals surface area contributed by atoms with E-state index in [1.165, 1.54) is 18.4 Å². The molecule has 0 radical (unpaired) electrons. The maximum Gasteiger partial charge on any atom is 0.319 e. The minimum absolute atomic E-state index is 0.220. The van der Waals surface area contributed by atoms with Gasteiger partial charge in [0.1, 0.15) is 12.4 Å². The first-order chi connectivity index (χ1) is 17.8. The van der Waals surface area contributed by atoms with Gasteiger partial charge in [-0.2, -0.15) is 0 Å². The Morgan fingerprint density at radius 1 is 0.919 bits per heavy atom. The topological polar surface area (TPSA) is 101 Å². The molecule has 4 aromatic rings. The molecule has 2 N–H and O–H groups in total. The molecule has 0 aliphatic carbocycles. The summed E-state index contributed by atoms with van der Waals surface area (Å²) < 4.78 is 32.4. The smallest absolute Gasteiger partial charge is 0.319 e. The number of sulfonamides is 1. The van der Waals surface area contributed by atoms with Crippen LogP contribution in [0, 0.1) is 0 Å². The van der Waals surface area contributed by atoms with Crippen LogP contribution in [0.25, 0.3) is 11.1 Å². The Bertz CT molecular complexity index is 1460. The van der Waals surface area contributed by atoms with Crippen LogP contribution >= 0.6 is 0 Å². The third kappa shape index (κ3) is 6.72. The number of nitrogens with one attached hydrogen (secondary N) is 2. The van der Waals surface area contributed by atoms with Crippen LogP contribution in [-0.2, 0) is 23.2 Å². The zero-order valence-corrected chi connectivity index (χ0v) is 21.4. The average molecular weight is 517 g/mol. The van der Waals surface area contributed by atoms with E-state index in [9.17, 15) is 13.2 Å². The first-order valence-corrected chi connectivity index (χ1v) is 13.0. The molecule has 0 bridgehead atoms. The van der Waals surface area contributed by atoms with Crippen molar-refractivity contribution in [2.24, 2.45) is 0 Å². The molecule has 4 rings (SSSR count). The number of ether oxygens (including phenoxy) is 1. The van der Waals surface area contributed by atoms with Crippen molar-refractivity contribution in [3.05, 3.63) is 108 Å². The molecule has 190 valence electrons. The molecule has 1 aromatic heterocycles. The first-order valence-electron chi connectivity index (χ1n) is 11.6. The lowest BCUT2D eigenvalue weighted by atomic mass is 10.0. The van der Waals surface area contributed by atoms with Crippen LogP contribution in [0.4, 0.5) is 10.5 Å². The number of anilines is 1. The van der Waals surface area contributed by atoms with Gasteiger partial charge in [-0.3, -0.25) is 4.98 Å². The number of hydrogen-bond donors (Lipinski definition) is 2. The van der Waals surface area contributed by atoms with Crippen molar-refractivity contribution in [1.82, 2.24) is 14.6 Å². The first kappa shape index (κ1) is 25.9. The lowest BCUT2D eigenvalue weighted by Crippen LogP contribution is -2.28. The van der Waals surface area contributed by atoms with E-state index in [-0.39, 0.29) is 10.9 Å². The Morgan fingerprint density at radius 3 is 2.43 bits per heavy atom. The van der Waals surface area contributed by atoms with E-state index < -0.39 is 10.0 Å². The molecule has 3 aromatic carbocycles. The fraction of sp³-hybridized carbons (Fsp3) is 0.143. The number of carbonyl (C=O) groups excluding carboxylic acids is 1. The van der Waals surface area contributed by atoms with Gasteiger partial charge in [0.25, 0.3) is 0 Å². The number of hydrogen-bond acceptors (Lipinski definition) is 5. The minimum Gasteiger partial charge on any atom is -0.488 e. The summed E-state index contributed by atoms with van der Waals surface area (Å²) in [6.45, 7) is 0.690. The highest BCUT2D eigenvalue weighted by molar-refractivity contribution is 7.89. The Morgan fingerprint density at radius 2 is 1.70 bits per heavy atom. The predicted octanol–water partition coefficient (Wildman–Crippen LogP) is 4.90. The van der Waals surface area contributed by atoms with Gasteiger partial charge in [0.2, 0.25) is 10.0 Å². The summed E-state index contributed by atoms with van der Waals surface area (Å²) in [6, 6.07) is 25.1. The molecule has 1 heterocycles. The number of para-hydroxylation sites is 1. The van der Waals surface area contributed by atoms with E-state index in [2.05, 4.69) is 15.6 Å². The maximum atomic E-state index is 12.6. The number of aromatic nitrogens is 1. The number of benzene rings is 3. The van der Waals surface area contributed by atoms with E-state index in [0.717, 1.165) is 22.3 Å². The Kier molecular flexibility index (Phi) is 8.17. The van der Waals surface area contributed by atoms with Gasteiger partial charge in [-0.05, 0) is 53.1 Å². The van der Waals surface area contributed by atoms with Crippen molar-refractivity contribution in [1.29, 1.82) is 0 Å². The van der Waals surface area contributed by atoms with Crippen molar-refractivity contribution in [2.75, 3.05) is 19.4 Å². The van der Waals surface area contributed by atoms with Gasteiger partial charge in [0, 0.05) is 44.3 Å². The molecule has 0 atom stereocenters. The quantitative estimate of drug-likeness (QED) is 0.330. The zero-order valence-electron chi connectivity index (χ0n) is 20.6. The molecule has 37 heavy (non-hydrogen) atoms. The molecular weight excluding hydrogens is 488 g/mol. The minimum atomic E-state index is -3.55. The highest BCUT2D eigenvalue weighted by Crippen LogP contribution is 2.32. The van der Waals surface area contributed by atoms with Gasteiger partial charge in [0.05, 0.1) is 4.90 Å². The summed E-state index contributed by atoms with van der Waals surface area (Å²) in [7, 11) is -0.534. The molecule has 0 aliphatic heterocycles. The van der Waals surface area contributed by atoms with Gasteiger partial charge < -0.3 is 15.4 Å². The normalized spacial score (nSPS) is 11.2. The summed E-state index contributed by atoms with van der Waals surface area (Å²) in [5.74, 6) is 0.638. The van der Waals surface area contributed by atoms with Gasteiger partial charge in [-0.1, -0.05) is 48.5 Å². The highest BCUT2D eigenvalue weighted by Gasteiger charge is 2.18. The molecule has 0 aliphatic rings. The molecular formula is C28H28N4O4S. The largest absolute Gasteiger partial charge is 0.488 e. The van der Waals surface area contributed by atoms with Crippen molar-refractivity contribution in [2.45, 2.75) is 18.0 Å². The summed E-state index contributed by atoms with van der Waals surface area (Å²) in [5.41, 5.74) is 4.03. The molecule has 9 heteroatoms. The third-order valence-corrected chi connectivity index (χ3v) is 7.40. The third-order valence-electron chi connectivity index (χ3n) is 5.59. The Balaban J connectivity index is 1.39. The van der Waals surface area contributed by atoms with Gasteiger partial charge in [0.15, 0.2) is 0 Å². The predicted molar refractivity (Wildman–Crippen MR) is 144 cm³/mol. The molecule has 8 nitrogen and oxygen atoms in total. The molecule has 0 spiro atoms. The summed E-state index contributed by atoms with van der Waals surface area (Å²) >= 11 is 0. The van der Waals surface area contributed by atoms with Crippen molar-refractivity contribution in [3.8, 4) is 16.9 Å². The molecule has 0 saturated carbocycles. The molecule has 0 saturated heterocycles. The average Bonchev–Trinajstić information content (AvgIpc) is 2.92. The number of amides is 2. The van der Waals surface area contributed by atoms with E-state index in [4.69, 9.17) is 4.74 Å². The second kappa shape index (κ2) is 11.7. The highest BCUT2D eigenvalue weighted by atomic mass is 32.2. The summed E-state index contributed by atoms with van der Waals surface area (Å²) in [4.78, 5) is 16.4. The molecule has 0 fully saturated rings. The summed E-state index contributed by atoms with van der Waals surface area (Å²) in [5, 5.41) is 5.60. The van der Waals surface area contributed by atoms with Crippen LogP contribution < -0.4 is 15.4 Å². The summed E-state index contributed by atoms with van der Waals surface area (Å²) in [6.07, 6.45) is 3.39. The monoisotopic (exact) mass is 516 g/mol. The van der Waals surface area contributed by atoms with E-state index >= 15 is 0 Å². The maximum absolute atomic E-state index is 12.6. The van der Waals surface area contributed by atoms with Crippen LogP contribution in [0.15, 0.2) is 102 Å². The van der Waals surface area contributed by atoms with Crippen LogP contribution in [0.1, 0.15) is 11.1 Å². The van der Waals surface area contributed by atoms with Crippen LogP contribution in [0.3, 0.4) is 0 Å². The Hall–Kier alpha value is -4.21. The fourth-order valence-corrected chi connectivity index (χ4v) is 4.52. The SMILES string of the molecule is CN(C)S(=O)(=O)c1cccc(-c2ccccc2OCc2ccc(NC(=O)NCc3cccnc3)cc2)c1. The van der Waals surface area contributed by atoms with Gasteiger partial charge in [-0.25, -0.2) is 17.5 Å². The molecule has 0 unspecified atom stereocenters. The fourth-order valence-electron chi connectivity index (χ4n) is 3.57. The second-order valence-electron chi connectivity index (χ2n) is 8.47. The zero-order chi connectivity index (χ0) is 26.3. The van der Waals surface area contributed by atoms with Crippen molar-refractivity contribution < 1.29 is 17.9 Å². The number of rotatable bonds is 9. The van der Waals surface area contributed by atoms with Gasteiger partial charge >= 0.3 is 6.03 Å². The van der Waals surface area contributed by atoms with Crippen LogP contribution in [0.2, 0.25) is 0 Å². The van der Waals surface area contributed by atoms with E-state index in [0.29, 0.717) is 24.6 Å². The van der Waals surface area contributed by atoms with Crippen molar-refractivity contribution >= 4 is 21.7 Å². The van der Waals surface area contributed by atoms with Crippen molar-refractivity contribution in [3.63, 3.8) is 0 Å². The number of urea groups is 1. The second-order valence-corrected chi connectivity index (χ2v) is 10.6. The lowest BCUT2D eigenvalue weighted by molar-refractivity contribution is 0.251. The standard InChI is InChI=1S/C28H28N4O4S/c1-32(2)37(34,35)25-9-5-8-23(17-25)26-10-3-4-11-27(26)36-20-21-12-14-24(15-13-21)31-28(33)30-19-22-7-6-16-29-18-22/h3-18H,19-20H2,1-2H3,(H2,30,31,33). The van der Waals surface area contributed by atoms with Crippen LogP contribution in [-0.4, -0.2) is 37.8 Å². The number of pyridine rings is 1. The van der Waals surface area contributed by atoms with Crippen LogP contribution in [0.5, 0.6) is 5.75 Å². The number of nitrogens with zero attached hydrogens (tertiary/aromatic N) is 2. The number of carbonyl (C=O) groups is 1. The molecule has 2 amide bonds. The Labute approximate surface area is 217 Å². The lowest BCUT2D eigenvalue weighted by Gasteiger charge is -2.15. The van der Waals surface area contributed by atoms with Gasteiger partial charge in [-0.15, -0.1) is 0 Å².